The van der Waals surface area contributed by atoms with Gasteiger partial charge in [0.25, 0.3) is 11.1 Å². The molecule has 0 N–H and O–H groups in total. The molecule has 0 saturated heterocycles. The molecule has 5 rings (SSSR count). The zero-order valence-electron chi connectivity index (χ0n) is 19.3. The lowest BCUT2D eigenvalue weighted by Crippen LogP contribution is -2.45. The Balaban J connectivity index is 1.61. The van der Waals surface area contributed by atoms with Crippen molar-refractivity contribution >= 4 is 46.2 Å². The van der Waals surface area contributed by atoms with E-state index >= 15 is 0 Å². The van der Waals surface area contributed by atoms with Crippen LogP contribution in [0.3, 0.4) is 0 Å². The summed E-state index contributed by atoms with van der Waals surface area (Å²) in [5.74, 6) is 0.533. The molecule has 0 atom stereocenters. The van der Waals surface area contributed by atoms with Gasteiger partial charge in [0.15, 0.2) is 12.3 Å². The maximum atomic E-state index is 13.1. The zero-order chi connectivity index (χ0) is 24.5. The van der Waals surface area contributed by atoms with Crippen LogP contribution in [0.4, 0.5) is 5.69 Å². The molecule has 9 heteroatoms. The first-order valence-electron chi connectivity index (χ1n) is 11.3. The maximum absolute atomic E-state index is 13.1. The molecule has 0 spiro atoms. The molecule has 1 aliphatic rings. The van der Waals surface area contributed by atoms with Crippen LogP contribution in [-0.4, -0.2) is 17.1 Å². The Morgan fingerprint density at radius 2 is 1.86 bits per heavy atom. The highest BCUT2D eigenvalue weighted by Crippen LogP contribution is 2.38. The Labute approximate surface area is 204 Å². The number of oxazole rings is 1. The van der Waals surface area contributed by atoms with Gasteiger partial charge < -0.3 is 24.0 Å². The highest BCUT2D eigenvalue weighted by molar-refractivity contribution is 7.07. The molecule has 35 heavy (non-hydrogen) atoms. The van der Waals surface area contributed by atoms with Crippen LogP contribution in [0.1, 0.15) is 19.7 Å². The van der Waals surface area contributed by atoms with Crippen molar-refractivity contribution in [3.05, 3.63) is 85.9 Å². The molecule has 8 nitrogen and oxygen atoms in total. The van der Waals surface area contributed by atoms with Gasteiger partial charge in [-0.2, -0.15) is 4.57 Å². The number of aliphatic carboxylic acids is 1. The van der Waals surface area contributed by atoms with Gasteiger partial charge in [-0.15, -0.1) is 11.3 Å². The van der Waals surface area contributed by atoms with E-state index in [9.17, 15) is 14.7 Å². The molecule has 0 amide bonds. The number of carbonyl (C=O) groups is 1. The quantitative estimate of drug-likeness (QED) is 0.377. The van der Waals surface area contributed by atoms with Gasteiger partial charge in [-0.3, -0.25) is 9.36 Å². The number of rotatable bonds is 6. The van der Waals surface area contributed by atoms with Crippen molar-refractivity contribution in [1.82, 2.24) is 4.57 Å². The molecule has 0 aliphatic carbocycles. The zero-order valence-corrected chi connectivity index (χ0v) is 20.1. The van der Waals surface area contributed by atoms with E-state index < -0.39 is 5.97 Å². The van der Waals surface area contributed by atoms with Gasteiger partial charge in [0.05, 0.1) is 16.3 Å². The van der Waals surface area contributed by atoms with Gasteiger partial charge in [0.2, 0.25) is 11.5 Å². The number of anilines is 1. The van der Waals surface area contributed by atoms with E-state index in [1.807, 2.05) is 55.1 Å². The Morgan fingerprint density at radius 1 is 1.09 bits per heavy atom. The van der Waals surface area contributed by atoms with Crippen molar-refractivity contribution in [2.24, 2.45) is 0 Å². The highest BCUT2D eigenvalue weighted by atomic mass is 32.1. The number of carboxylic acid groups (broad SMARTS) is 1. The Morgan fingerprint density at radius 3 is 2.63 bits per heavy atom. The second-order valence-corrected chi connectivity index (χ2v) is 8.91. The molecule has 0 fully saturated rings. The molecule has 178 valence electrons. The van der Waals surface area contributed by atoms with E-state index in [1.165, 1.54) is 15.9 Å². The Kier molecular flexibility index (Phi) is 6.00. The third-order valence-electron chi connectivity index (χ3n) is 5.75. The first-order valence-corrected chi connectivity index (χ1v) is 12.1. The molecule has 4 aromatic rings. The predicted octanol–water partition coefficient (Wildman–Crippen LogP) is 1.08. The van der Waals surface area contributed by atoms with Crippen molar-refractivity contribution in [1.29, 1.82) is 0 Å². The molecule has 2 aromatic carbocycles. The fourth-order valence-corrected chi connectivity index (χ4v) is 5.21. The molecule has 3 heterocycles. The van der Waals surface area contributed by atoms with Gasteiger partial charge >= 0.3 is 5.89 Å². The number of hydrogen-bond acceptors (Lipinski definition) is 7. The van der Waals surface area contributed by atoms with Crippen LogP contribution in [0.15, 0.2) is 69.7 Å². The number of nitrogens with zero attached hydrogens (tertiary/aromatic N) is 3. The minimum absolute atomic E-state index is 0.137. The number of fused-ring (bicyclic) bond motifs is 2. The van der Waals surface area contributed by atoms with Crippen molar-refractivity contribution in [2.75, 3.05) is 11.4 Å². The third-order valence-corrected chi connectivity index (χ3v) is 6.83. The summed E-state index contributed by atoms with van der Waals surface area (Å²) in [6, 6.07) is 15.0. The fourth-order valence-electron chi connectivity index (χ4n) is 4.16. The third kappa shape index (κ3) is 4.15. The van der Waals surface area contributed by atoms with Crippen LogP contribution in [-0.2, 0) is 17.9 Å². The molecule has 2 aromatic heterocycles. The van der Waals surface area contributed by atoms with Crippen LogP contribution in [0.25, 0.3) is 23.3 Å². The van der Waals surface area contributed by atoms with E-state index in [0.717, 1.165) is 18.0 Å². The fraction of sp³-hybridized carbons (Fsp3) is 0.192. The number of carbonyl (C=O) groups excluding carboxylic acids is 1. The minimum atomic E-state index is -1.23. The van der Waals surface area contributed by atoms with Crippen LogP contribution >= 0.6 is 11.3 Å². The van der Waals surface area contributed by atoms with Crippen molar-refractivity contribution in [3.8, 4) is 5.75 Å². The monoisotopic (exact) mass is 489 g/mol. The first kappa shape index (κ1) is 22.7. The van der Waals surface area contributed by atoms with Crippen LogP contribution in [0.5, 0.6) is 5.75 Å². The highest BCUT2D eigenvalue weighted by Gasteiger charge is 2.24. The summed E-state index contributed by atoms with van der Waals surface area (Å²) in [6.45, 7) is 4.74. The molecule has 0 bridgehead atoms. The summed E-state index contributed by atoms with van der Waals surface area (Å²) in [7, 11) is 0. The number of aromatic nitrogens is 2. The summed E-state index contributed by atoms with van der Waals surface area (Å²) in [5.41, 5.74) is 2.04. The number of allylic oxidation sites excluding steroid dienone is 1. The van der Waals surface area contributed by atoms with Crippen LogP contribution in [0.2, 0.25) is 0 Å². The molecular weight excluding hydrogens is 466 g/mol. The lowest BCUT2D eigenvalue weighted by atomic mass is 10.3. The molecular formula is C26H23N3O5S. The number of para-hydroxylation sites is 4. The Hall–Kier alpha value is -4.11. The number of benzene rings is 2. The Bertz CT molecular complexity index is 1640. The van der Waals surface area contributed by atoms with Crippen molar-refractivity contribution in [2.45, 2.75) is 26.9 Å². The smallest absolute Gasteiger partial charge is 0.377 e. The molecule has 0 unspecified atom stereocenters. The standard InChI is InChI=1S/C26H23N3O5S/c1-3-27-17-9-5-7-11-19(17)33-22(27)14-13-21-26(32)28(4-2)24(35-21)15-23-29(16-25(30)31)18-10-6-8-12-20(18)34-23/h5-15H,3-4,16H2,1-2H3. The summed E-state index contributed by atoms with van der Waals surface area (Å²) in [6.07, 6.45) is 5.26. The van der Waals surface area contributed by atoms with Gasteiger partial charge in [-0.25, -0.2) is 0 Å². The number of carboxylic acids is 1. The average molecular weight is 490 g/mol. The summed E-state index contributed by atoms with van der Waals surface area (Å²) < 4.78 is 16.2. The normalized spacial score (nSPS) is 15.3. The summed E-state index contributed by atoms with van der Waals surface area (Å²) in [4.78, 5) is 26.5. The van der Waals surface area contributed by atoms with Crippen molar-refractivity contribution < 1.29 is 23.6 Å². The summed E-state index contributed by atoms with van der Waals surface area (Å²) >= 11 is 1.30. The van der Waals surface area contributed by atoms with Gasteiger partial charge in [0, 0.05) is 25.2 Å². The number of thiazole rings is 1. The SMILES string of the molecule is CCN1C(=CC=c2sc(=Cc3oc4ccccc4[n+]3CC(=O)[O-])n(CC)c2=O)Oc2ccccc21. The average Bonchev–Trinajstić information content (AvgIpc) is 3.48. The maximum Gasteiger partial charge on any atom is 0.377 e. The first-order chi connectivity index (χ1) is 17.0. The second kappa shape index (κ2) is 9.27. The van der Waals surface area contributed by atoms with Gasteiger partial charge in [0.1, 0.15) is 10.6 Å². The van der Waals surface area contributed by atoms with E-state index in [4.69, 9.17) is 9.15 Å². The predicted molar refractivity (Wildman–Crippen MR) is 131 cm³/mol. The topological polar surface area (TPSA) is 91.6 Å². The summed E-state index contributed by atoms with van der Waals surface area (Å²) in [5, 5.41) is 11.4. The number of hydrogen-bond donors (Lipinski definition) is 0. The van der Waals surface area contributed by atoms with Gasteiger partial charge in [-0.1, -0.05) is 24.3 Å². The molecule has 1 aliphatic heterocycles. The van der Waals surface area contributed by atoms with E-state index in [2.05, 4.69) is 0 Å². The lowest BCUT2D eigenvalue weighted by Gasteiger charge is -2.14. The van der Waals surface area contributed by atoms with Gasteiger partial charge in [-0.05, 0) is 38.1 Å². The number of ether oxygens (including phenoxy) is 1. The van der Waals surface area contributed by atoms with Crippen LogP contribution < -0.4 is 34.1 Å². The van der Waals surface area contributed by atoms with E-state index in [1.54, 1.807) is 34.9 Å². The van der Waals surface area contributed by atoms with Crippen LogP contribution in [0, 0.1) is 0 Å². The largest absolute Gasteiger partial charge is 0.544 e. The lowest BCUT2D eigenvalue weighted by molar-refractivity contribution is -0.672. The molecule has 0 radical (unpaired) electrons. The molecule has 0 saturated carbocycles. The second-order valence-electron chi connectivity index (χ2n) is 7.85. The van der Waals surface area contributed by atoms with E-state index in [-0.39, 0.29) is 12.1 Å². The minimum Gasteiger partial charge on any atom is -0.544 e. The van der Waals surface area contributed by atoms with E-state index in [0.29, 0.717) is 38.6 Å². The van der Waals surface area contributed by atoms with Crippen molar-refractivity contribution in [3.63, 3.8) is 0 Å².